The molecule has 0 bridgehead atoms. The number of hydrogen-bond acceptors (Lipinski definition) is 4. The number of carbonyl (C=O) groups excluding carboxylic acids is 2. The van der Waals surface area contributed by atoms with Gasteiger partial charge in [-0.1, -0.05) is 6.92 Å². The molecule has 0 aromatic heterocycles. The summed E-state index contributed by atoms with van der Waals surface area (Å²) in [6, 6.07) is 0. The van der Waals surface area contributed by atoms with E-state index in [1.807, 2.05) is 20.8 Å². The zero-order valence-electron chi connectivity index (χ0n) is 9.70. The highest BCUT2D eigenvalue weighted by Crippen LogP contribution is 2.35. The molecular weight excluding hydrogens is 196 g/mol. The SMILES string of the molecule is CCOC(=O)C1CC(=O)OC(C)(C)C1C. The van der Waals surface area contributed by atoms with E-state index in [0.717, 1.165) is 0 Å². The van der Waals surface area contributed by atoms with Crippen LogP contribution in [0.5, 0.6) is 0 Å². The molecule has 1 heterocycles. The smallest absolute Gasteiger partial charge is 0.309 e. The number of hydrogen-bond donors (Lipinski definition) is 0. The molecule has 1 saturated heterocycles. The van der Waals surface area contributed by atoms with Crippen LogP contribution in [-0.4, -0.2) is 24.1 Å². The second-order valence-corrected chi connectivity index (χ2v) is 4.43. The van der Waals surface area contributed by atoms with Crippen LogP contribution < -0.4 is 0 Å². The van der Waals surface area contributed by atoms with Crippen molar-refractivity contribution in [1.82, 2.24) is 0 Å². The molecule has 0 radical (unpaired) electrons. The van der Waals surface area contributed by atoms with Crippen LogP contribution in [0.2, 0.25) is 0 Å². The fraction of sp³-hybridized carbons (Fsp3) is 0.818. The largest absolute Gasteiger partial charge is 0.466 e. The minimum atomic E-state index is -0.591. The molecule has 1 aliphatic heterocycles. The van der Waals surface area contributed by atoms with Gasteiger partial charge >= 0.3 is 11.9 Å². The molecule has 15 heavy (non-hydrogen) atoms. The van der Waals surface area contributed by atoms with E-state index < -0.39 is 5.60 Å². The molecule has 1 fully saturated rings. The van der Waals surface area contributed by atoms with Crippen molar-refractivity contribution in [3.05, 3.63) is 0 Å². The van der Waals surface area contributed by atoms with E-state index in [-0.39, 0.29) is 30.2 Å². The number of esters is 2. The molecule has 0 aromatic carbocycles. The van der Waals surface area contributed by atoms with E-state index in [1.54, 1.807) is 6.92 Å². The average molecular weight is 214 g/mol. The molecular formula is C11H18O4. The molecule has 0 amide bonds. The van der Waals surface area contributed by atoms with Gasteiger partial charge in [0.15, 0.2) is 0 Å². The topological polar surface area (TPSA) is 52.6 Å². The van der Waals surface area contributed by atoms with Crippen molar-refractivity contribution >= 4 is 11.9 Å². The minimum absolute atomic E-state index is 0.0192. The van der Waals surface area contributed by atoms with E-state index in [1.165, 1.54) is 0 Å². The van der Waals surface area contributed by atoms with Gasteiger partial charge in [0.2, 0.25) is 0 Å². The Balaban J connectivity index is 2.79. The molecule has 0 saturated carbocycles. The van der Waals surface area contributed by atoms with Crippen molar-refractivity contribution in [2.75, 3.05) is 6.61 Å². The Morgan fingerprint density at radius 2 is 2.20 bits per heavy atom. The quantitative estimate of drug-likeness (QED) is 0.654. The Morgan fingerprint density at radius 1 is 1.60 bits per heavy atom. The highest BCUT2D eigenvalue weighted by atomic mass is 16.6. The Bertz CT molecular complexity index is 270. The highest BCUT2D eigenvalue weighted by molar-refractivity contribution is 5.81. The number of rotatable bonds is 2. The van der Waals surface area contributed by atoms with Crippen LogP contribution in [0.15, 0.2) is 0 Å². The van der Waals surface area contributed by atoms with E-state index in [0.29, 0.717) is 6.61 Å². The van der Waals surface area contributed by atoms with Gasteiger partial charge in [0.1, 0.15) is 5.60 Å². The van der Waals surface area contributed by atoms with Crippen molar-refractivity contribution < 1.29 is 19.1 Å². The third-order valence-electron chi connectivity index (χ3n) is 3.05. The van der Waals surface area contributed by atoms with E-state index in [4.69, 9.17) is 9.47 Å². The fourth-order valence-electron chi connectivity index (χ4n) is 1.81. The summed E-state index contributed by atoms with van der Waals surface area (Å²) in [6.07, 6.45) is 0.128. The standard InChI is InChI=1S/C11H18O4/c1-5-14-10(13)8-6-9(12)15-11(3,4)7(8)2/h7-8H,5-6H2,1-4H3. The van der Waals surface area contributed by atoms with E-state index >= 15 is 0 Å². The average Bonchev–Trinajstić information content (AvgIpc) is 2.10. The van der Waals surface area contributed by atoms with Gasteiger partial charge < -0.3 is 9.47 Å². The minimum Gasteiger partial charge on any atom is -0.466 e. The fourth-order valence-corrected chi connectivity index (χ4v) is 1.81. The van der Waals surface area contributed by atoms with E-state index in [2.05, 4.69) is 0 Å². The molecule has 0 spiro atoms. The van der Waals surface area contributed by atoms with Gasteiger partial charge in [-0.15, -0.1) is 0 Å². The molecule has 0 aromatic rings. The lowest BCUT2D eigenvalue weighted by atomic mass is 9.77. The summed E-state index contributed by atoms with van der Waals surface area (Å²) in [4.78, 5) is 22.9. The van der Waals surface area contributed by atoms with Crippen LogP contribution in [-0.2, 0) is 19.1 Å². The van der Waals surface area contributed by atoms with Crippen LogP contribution in [0.1, 0.15) is 34.1 Å². The maximum Gasteiger partial charge on any atom is 0.309 e. The molecule has 4 heteroatoms. The van der Waals surface area contributed by atoms with Gasteiger partial charge in [0.25, 0.3) is 0 Å². The van der Waals surface area contributed by atoms with Crippen molar-refractivity contribution in [1.29, 1.82) is 0 Å². The van der Waals surface area contributed by atoms with Crippen LogP contribution in [0, 0.1) is 11.8 Å². The van der Waals surface area contributed by atoms with Crippen molar-refractivity contribution in [3.63, 3.8) is 0 Å². The number of ether oxygens (including phenoxy) is 2. The first kappa shape index (κ1) is 12.0. The Kier molecular flexibility index (Phi) is 3.37. The maximum absolute atomic E-state index is 11.6. The highest BCUT2D eigenvalue weighted by Gasteiger charge is 2.45. The molecule has 86 valence electrons. The normalized spacial score (nSPS) is 29.5. The van der Waals surface area contributed by atoms with E-state index in [9.17, 15) is 9.59 Å². The predicted octanol–water partition coefficient (Wildman–Crippen LogP) is 1.53. The predicted molar refractivity (Wildman–Crippen MR) is 54.1 cm³/mol. The van der Waals surface area contributed by atoms with Gasteiger partial charge in [-0.25, -0.2) is 0 Å². The first-order chi connectivity index (χ1) is 6.88. The zero-order chi connectivity index (χ0) is 11.6. The summed E-state index contributed by atoms with van der Waals surface area (Å²) >= 11 is 0. The van der Waals surface area contributed by atoms with Crippen LogP contribution in [0.4, 0.5) is 0 Å². The monoisotopic (exact) mass is 214 g/mol. The van der Waals surface area contributed by atoms with Gasteiger partial charge in [-0.05, 0) is 20.8 Å². The molecule has 2 unspecified atom stereocenters. The van der Waals surface area contributed by atoms with Crippen molar-refractivity contribution in [3.8, 4) is 0 Å². The summed E-state index contributed by atoms with van der Waals surface area (Å²) < 4.78 is 10.1. The van der Waals surface area contributed by atoms with Gasteiger partial charge in [-0.3, -0.25) is 9.59 Å². The summed E-state index contributed by atoms with van der Waals surface area (Å²) in [5.41, 5.74) is -0.591. The van der Waals surface area contributed by atoms with Crippen LogP contribution in [0.25, 0.3) is 0 Å². The lowest BCUT2D eigenvalue weighted by molar-refractivity contribution is -0.184. The summed E-state index contributed by atoms with van der Waals surface area (Å²) in [6.45, 7) is 7.66. The first-order valence-corrected chi connectivity index (χ1v) is 5.27. The summed E-state index contributed by atoms with van der Waals surface area (Å²) in [7, 11) is 0. The molecule has 1 aliphatic rings. The third kappa shape index (κ3) is 2.49. The lowest BCUT2D eigenvalue weighted by Gasteiger charge is -2.39. The summed E-state index contributed by atoms with van der Waals surface area (Å²) in [5.74, 6) is -1.01. The molecule has 0 aliphatic carbocycles. The third-order valence-corrected chi connectivity index (χ3v) is 3.05. The molecule has 1 rings (SSSR count). The Labute approximate surface area is 89.9 Å². The maximum atomic E-state index is 11.6. The molecule has 0 N–H and O–H groups in total. The Hall–Kier alpha value is -1.06. The lowest BCUT2D eigenvalue weighted by Crippen LogP contribution is -2.47. The first-order valence-electron chi connectivity index (χ1n) is 5.27. The Morgan fingerprint density at radius 3 is 2.73 bits per heavy atom. The van der Waals surface area contributed by atoms with Gasteiger partial charge in [0, 0.05) is 5.92 Å². The number of cyclic esters (lactones) is 1. The van der Waals surface area contributed by atoms with Crippen LogP contribution >= 0.6 is 0 Å². The van der Waals surface area contributed by atoms with Gasteiger partial charge in [-0.2, -0.15) is 0 Å². The zero-order valence-corrected chi connectivity index (χ0v) is 9.70. The van der Waals surface area contributed by atoms with Gasteiger partial charge in [0.05, 0.1) is 18.9 Å². The van der Waals surface area contributed by atoms with Crippen molar-refractivity contribution in [2.45, 2.75) is 39.7 Å². The number of carbonyl (C=O) groups is 2. The molecule has 2 atom stereocenters. The second kappa shape index (κ2) is 4.21. The molecule has 4 nitrogen and oxygen atoms in total. The van der Waals surface area contributed by atoms with Crippen LogP contribution in [0.3, 0.4) is 0 Å². The second-order valence-electron chi connectivity index (χ2n) is 4.43. The van der Waals surface area contributed by atoms with Crippen molar-refractivity contribution in [2.24, 2.45) is 11.8 Å². The summed E-state index contributed by atoms with van der Waals surface area (Å²) in [5, 5.41) is 0.